The number of rotatable bonds is 7. The van der Waals surface area contributed by atoms with E-state index in [4.69, 9.17) is 4.42 Å². The molecule has 2 fully saturated rings. The third kappa shape index (κ3) is 4.52. The summed E-state index contributed by atoms with van der Waals surface area (Å²) in [6, 6.07) is 5.77. The fourth-order valence-electron chi connectivity index (χ4n) is 4.80. The third-order valence-corrected chi connectivity index (χ3v) is 7.74. The van der Waals surface area contributed by atoms with E-state index in [9.17, 15) is 13.2 Å². The molecule has 6 nitrogen and oxygen atoms in total. The molecule has 2 atom stereocenters. The average Bonchev–Trinajstić information content (AvgIpc) is 3.05. The molecule has 11 heteroatoms. The molecule has 0 N–H and O–H groups in total. The quantitative estimate of drug-likeness (QED) is 0.338. The van der Waals surface area contributed by atoms with Gasteiger partial charge in [0.1, 0.15) is 0 Å². The number of halogens is 4. The van der Waals surface area contributed by atoms with Gasteiger partial charge >= 0.3 is 6.18 Å². The van der Waals surface area contributed by atoms with Crippen LogP contribution in [0.15, 0.2) is 40.2 Å². The van der Waals surface area contributed by atoms with Crippen LogP contribution in [0.3, 0.4) is 0 Å². The summed E-state index contributed by atoms with van der Waals surface area (Å²) in [7, 11) is 1.92. The number of alkyl halides is 3. The molecule has 5 rings (SSSR count). The van der Waals surface area contributed by atoms with Gasteiger partial charge in [-0.1, -0.05) is 23.9 Å². The van der Waals surface area contributed by atoms with Crippen LogP contribution in [0.4, 0.5) is 13.2 Å². The summed E-state index contributed by atoms with van der Waals surface area (Å²) >= 11 is 1.66. The Morgan fingerprint density at radius 2 is 1.97 bits per heavy atom. The van der Waals surface area contributed by atoms with Crippen molar-refractivity contribution in [1.29, 1.82) is 0 Å². The zero-order valence-corrected chi connectivity index (χ0v) is 19.9. The van der Waals surface area contributed by atoms with E-state index in [1.165, 1.54) is 18.5 Å². The highest BCUT2D eigenvalue weighted by atomic mass is 35.5. The van der Waals surface area contributed by atoms with Crippen LogP contribution in [0.1, 0.15) is 29.7 Å². The minimum absolute atomic E-state index is 0. The van der Waals surface area contributed by atoms with E-state index in [2.05, 4.69) is 20.1 Å². The predicted octanol–water partition coefficient (Wildman–Crippen LogP) is 4.97. The molecule has 1 saturated heterocycles. The van der Waals surface area contributed by atoms with E-state index in [1.807, 2.05) is 18.5 Å². The number of fused-ring (bicyclic) bond motifs is 1. The topological polar surface area (TPSA) is 60.0 Å². The molecule has 1 aliphatic carbocycles. The maximum absolute atomic E-state index is 12.8. The summed E-state index contributed by atoms with van der Waals surface area (Å²) in [4.78, 5) is 6.54. The first-order valence-corrected chi connectivity index (χ1v) is 11.6. The Balaban J connectivity index is 0.00000259. The number of hydrogen-bond acceptors (Lipinski definition) is 6. The van der Waals surface area contributed by atoms with Crippen LogP contribution in [-0.4, -0.2) is 50.0 Å². The largest absolute Gasteiger partial charge is 0.440 e. The summed E-state index contributed by atoms with van der Waals surface area (Å²) in [6.07, 6.45) is -0.795. The van der Waals surface area contributed by atoms with Gasteiger partial charge in [-0.15, -0.1) is 22.6 Å². The molecular weight excluding hydrogens is 475 g/mol. The highest BCUT2D eigenvalue weighted by Crippen LogP contribution is 2.59. The average molecular weight is 500 g/mol. The van der Waals surface area contributed by atoms with Crippen molar-refractivity contribution in [1.82, 2.24) is 24.6 Å². The van der Waals surface area contributed by atoms with Gasteiger partial charge in [-0.2, -0.15) is 13.2 Å². The fourth-order valence-corrected chi connectivity index (χ4v) is 5.64. The lowest BCUT2D eigenvalue weighted by Crippen LogP contribution is -2.28. The minimum atomic E-state index is -4.28. The van der Waals surface area contributed by atoms with Crippen LogP contribution in [-0.2, 0) is 18.6 Å². The molecule has 3 aromatic rings. The van der Waals surface area contributed by atoms with Gasteiger partial charge in [-0.3, -0.25) is 0 Å². The van der Waals surface area contributed by atoms with Gasteiger partial charge in [0.25, 0.3) is 0 Å². The monoisotopic (exact) mass is 499 g/mol. The van der Waals surface area contributed by atoms with Gasteiger partial charge in [0.05, 0.1) is 11.3 Å². The minimum Gasteiger partial charge on any atom is -0.440 e. The van der Waals surface area contributed by atoms with Gasteiger partial charge in [-0.05, 0) is 49.9 Å². The second kappa shape index (κ2) is 8.96. The zero-order valence-electron chi connectivity index (χ0n) is 18.3. The standard InChI is InChI=1S/C22H24F3N5OS.ClH/c1-14-18(31-13-26-14)19-27-28-20(29(19)2)32-9-3-8-30-11-17-10-21(17,12-30)15-4-6-16(7-5-15)22(23,24)25;/h4-7,13,17H,3,8-12H2,1-2H3;1H/t17-,21+;/m1./s1. The Hall–Kier alpha value is -2.04. The van der Waals surface area contributed by atoms with E-state index in [0.29, 0.717) is 17.5 Å². The molecule has 178 valence electrons. The van der Waals surface area contributed by atoms with Gasteiger partial charge in [0.2, 0.25) is 5.82 Å². The molecular formula is C22H25ClF3N5OS. The lowest BCUT2D eigenvalue weighted by Gasteiger charge is -2.21. The van der Waals surface area contributed by atoms with Crippen LogP contribution in [0.25, 0.3) is 11.6 Å². The molecule has 1 aromatic carbocycles. The highest BCUT2D eigenvalue weighted by Gasteiger charge is 2.60. The van der Waals surface area contributed by atoms with E-state index in [1.54, 1.807) is 23.9 Å². The molecule has 0 spiro atoms. The lowest BCUT2D eigenvalue weighted by atomic mass is 9.94. The number of aromatic nitrogens is 4. The Kier molecular flexibility index (Phi) is 6.54. The molecule has 1 saturated carbocycles. The molecule has 1 aliphatic heterocycles. The SMILES string of the molecule is Cc1ncoc1-c1nnc(SCCCN2C[C@H]3C[C@@]3(c3ccc(C(F)(F)F)cc3)C2)n1C.Cl. The van der Waals surface area contributed by atoms with Crippen molar-refractivity contribution in [3.8, 4) is 11.6 Å². The van der Waals surface area contributed by atoms with Crippen molar-refractivity contribution in [2.75, 3.05) is 25.4 Å². The Labute approximate surface area is 200 Å². The van der Waals surface area contributed by atoms with Crippen molar-refractivity contribution in [3.63, 3.8) is 0 Å². The van der Waals surface area contributed by atoms with E-state index in [0.717, 1.165) is 54.6 Å². The van der Waals surface area contributed by atoms with Crippen LogP contribution in [0, 0.1) is 12.8 Å². The lowest BCUT2D eigenvalue weighted by molar-refractivity contribution is -0.137. The summed E-state index contributed by atoms with van der Waals surface area (Å²) in [5.74, 6) is 2.77. The fraction of sp³-hybridized carbons (Fsp3) is 0.500. The van der Waals surface area contributed by atoms with E-state index in [-0.39, 0.29) is 17.8 Å². The number of nitrogens with zero attached hydrogens (tertiary/aromatic N) is 5. The van der Waals surface area contributed by atoms with Crippen LogP contribution in [0.2, 0.25) is 0 Å². The second-order valence-electron chi connectivity index (χ2n) is 8.70. The van der Waals surface area contributed by atoms with Crippen molar-refractivity contribution in [2.24, 2.45) is 13.0 Å². The first kappa shape index (κ1) is 24.1. The molecule has 0 bridgehead atoms. The Morgan fingerprint density at radius 1 is 1.21 bits per heavy atom. The number of piperidine rings is 1. The normalized spacial score (nSPS) is 22.3. The zero-order chi connectivity index (χ0) is 22.5. The number of hydrogen-bond donors (Lipinski definition) is 0. The van der Waals surface area contributed by atoms with Gasteiger partial charge in [0.15, 0.2) is 17.3 Å². The Morgan fingerprint density at radius 3 is 2.64 bits per heavy atom. The smallest absolute Gasteiger partial charge is 0.416 e. The van der Waals surface area contributed by atoms with Gasteiger partial charge < -0.3 is 13.9 Å². The molecule has 3 heterocycles. The van der Waals surface area contributed by atoms with Crippen molar-refractivity contribution < 1.29 is 17.6 Å². The van der Waals surface area contributed by atoms with Gasteiger partial charge in [0, 0.05) is 31.3 Å². The number of thioether (sulfide) groups is 1. The Bertz CT molecular complexity index is 1120. The van der Waals surface area contributed by atoms with E-state index >= 15 is 0 Å². The molecule has 0 amide bonds. The number of likely N-dealkylation sites (tertiary alicyclic amines) is 1. The number of aryl methyl sites for hydroxylation is 1. The highest BCUT2D eigenvalue weighted by molar-refractivity contribution is 7.99. The molecule has 0 unspecified atom stereocenters. The van der Waals surface area contributed by atoms with Crippen LogP contribution in [0.5, 0.6) is 0 Å². The number of oxazole rings is 1. The maximum atomic E-state index is 12.8. The third-order valence-electron chi connectivity index (χ3n) is 6.64. The summed E-state index contributed by atoms with van der Waals surface area (Å²) in [5.41, 5.74) is 1.30. The predicted molar refractivity (Wildman–Crippen MR) is 121 cm³/mol. The molecule has 0 radical (unpaired) electrons. The summed E-state index contributed by atoms with van der Waals surface area (Å²) in [5, 5.41) is 9.34. The molecule has 33 heavy (non-hydrogen) atoms. The maximum Gasteiger partial charge on any atom is 0.416 e. The summed E-state index contributed by atoms with van der Waals surface area (Å²) < 4.78 is 45.9. The molecule has 2 aromatic heterocycles. The van der Waals surface area contributed by atoms with Crippen molar-refractivity contribution >= 4 is 24.2 Å². The van der Waals surface area contributed by atoms with Crippen LogP contribution < -0.4 is 0 Å². The van der Waals surface area contributed by atoms with Crippen molar-refractivity contribution in [3.05, 3.63) is 47.5 Å². The number of benzene rings is 1. The van der Waals surface area contributed by atoms with Gasteiger partial charge in [-0.25, -0.2) is 4.98 Å². The van der Waals surface area contributed by atoms with E-state index < -0.39 is 11.7 Å². The second-order valence-corrected chi connectivity index (χ2v) is 9.76. The molecule has 2 aliphatic rings. The first-order valence-electron chi connectivity index (χ1n) is 10.6. The van der Waals surface area contributed by atoms with Crippen molar-refractivity contribution in [2.45, 2.75) is 36.5 Å². The first-order chi connectivity index (χ1) is 15.3. The summed E-state index contributed by atoms with van der Waals surface area (Å²) in [6.45, 7) is 4.79. The van der Waals surface area contributed by atoms with Crippen LogP contribution >= 0.6 is 24.2 Å².